The molecule has 0 aliphatic rings. The number of aryl methyl sites for hydroxylation is 2. The average molecular weight is 305 g/mol. The van der Waals surface area contributed by atoms with E-state index in [1.165, 1.54) is 11.1 Å². The molecule has 0 unspecified atom stereocenters. The number of hydrogen-bond acceptors (Lipinski definition) is 2. The number of rotatable bonds is 3. The molecule has 0 atom stereocenters. The molecule has 0 radical (unpaired) electrons. The summed E-state index contributed by atoms with van der Waals surface area (Å²) in [7, 11) is 0. The molecule has 0 amide bonds. The van der Waals surface area contributed by atoms with Crippen LogP contribution in [0.5, 0.6) is 0 Å². The summed E-state index contributed by atoms with van der Waals surface area (Å²) in [5.74, 6) is 0. The summed E-state index contributed by atoms with van der Waals surface area (Å²) >= 11 is 3.50. The van der Waals surface area contributed by atoms with Gasteiger partial charge >= 0.3 is 0 Å². The van der Waals surface area contributed by atoms with Crippen LogP contribution in [-0.2, 0) is 6.42 Å². The third-order valence-corrected chi connectivity index (χ3v) is 3.42. The molecule has 0 spiro atoms. The van der Waals surface area contributed by atoms with Crippen LogP contribution in [0.25, 0.3) is 0 Å². The molecule has 2 aromatic rings. The lowest BCUT2D eigenvalue weighted by atomic mass is 10.1. The van der Waals surface area contributed by atoms with Crippen LogP contribution >= 0.6 is 15.9 Å². The first-order valence-electron chi connectivity index (χ1n) is 6.01. The van der Waals surface area contributed by atoms with Crippen LogP contribution in [0.2, 0.25) is 0 Å². The summed E-state index contributed by atoms with van der Waals surface area (Å²) in [5.41, 5.74) is 11.3. The first kappa shape index (κ1) is 13.0. The van der Waals surface area contributed by atoms with Gasteiger partial charge in [0.05, 0.1) is 11.4 Å². The lowest BCUT2D eigenvalue weighted by Crippen LogP contribution is -1.99. The summed E-state index contributed by atoms with van der Waals surface area (Å²) in [6.07, 6.45) is 0.980. The standard InChI is InChI=1S/C15H17BrN2/c1-3-11-9-12(16)5-7-14(11)18-15-8-10(2)4-6-13(15)17/h4-9,18H,3,17H2,1-2H3. The maximum absolute atomic E-state index is 5.99. The van der Waals surface area contributed by atoms with Gasteiger partial charge in [0.2, 0.25) is 0 Å². The fraction of sp³-hybridized carbons (Fsp3) is 0.200. The number of anilines is 3. The van der Waals surface area contributed by atoms with Crippen molar-refractivity contribution < 1.29 is 0 Å². The Kier molecular flexibility index (Phi) is 3.92. The molecule has 2 nitrogen and oxygen atoms in total. The highest BCUT2D eigenvalue weighted by Crippen LogP contribution is 2.28. The van der Waals surface area contributed by atoms with Crippen LogP contribution < -0.4 is 11.1 Å². The van der Waals surface area contributed by atoms with Gasteiger partial charge in [-0.05, 0) is 54.8 Å². The minimum atomic E-state index is 0.769. The van der Waals surface area contributed by atoms with Crippen LogP contribution in [0.1, 0.15) is 18.1 Å². The Morgan fingerprint density at radius 3 is 2.61 bits per heavy atom. The third kappa shape index (κ3) is 2.85. The molecule has 18 heavy (non-hydrogen) atoms. The highest BCUT2D eigenvalue weighted by atomic mass is 79.9. The molecule has 0 fully saturated rings. The second kappa shape index (κ2) is 5.44. The third-order valence-electron chi connectivity index (χ3n) is 2.93. The van der Waals surface area contributed by atoms with Crippen LogP contribution in [-0.4, -0.2) is 0 Å². The van der Waals surface area contributed by atoms with E-state index in [0.717, 1.165) is 28.0 Å². The van der Waals surface area contributed by atoms with Crippen molar-refractivity contribution in [3.05, 3.63) is 52.0 Å². The predicted octanol–water partition coefficient (Wildman–Crippen LogP) is 4.65. The summed E-state index contributed by atoms with van der Waals surface area (Å²) < 4.78 is 1.10. The molecule has 2 aromatic carbocycles. The fourth-order valence-electron chi connectivity index (χ4n) is 1.90. The molecule has 3 N–H and O–H groups in total. The zero-order chi connectivity index (χ0) is 13.1. The zero-order valence-corrected chi connectivity index (χ0v) is 12.2. The second-order valence-corrected chi connectivity index (χ2v) is 5.29. The Morgan fingerprint density at radius 2 is 1.89 bits per heavy atom. The summed E-state index contributed by atoms with van der Waals surface area (Å²) in [6.45, 7) is 4.21. The van der Waals surface area contributed by atoms with E-state index in [9.17, 15) is 0 Å². The van der Waals surface area contributed by atoms with E-state index in [1.54, 1.807) is 0 Å². The van der Waals surface area contributed by atoms with Gasteiger partial charge in [-0.25, -0.2) is 0 Å². The quantitative estimate of drug-likeness (QED) is 0.810. The summed E-state index contributed by atoms with van der Waals surface area (Å²) in [6, 6.07) is 12.3. The SMILES string of the molecule is CCc1cc(Br)ccc1Nc1cc(C)ccc1N. The van der Waals surface area contributed by atoms with E-state index < -0.39 is 0 Å². The summed E-state index contributed by atoms with van der Waals surface area (Å²) in [5, 5.41) is 3.41. The molecule has 94 valence electrons. The first-order valence-corrected chi connectivity index (χ1v) is 6.81. The number of halogens is 1. The van der Waals surface area contributed by atoms with E-state index in [1.807, 2.05) is 18.2 Å². The average Bonchev–Trinajstić information content (AvgIpc) is 2.36. The lowest BCUT2D eigenvalue weighted by molar-refractivity contribution is 1.14. The molecule has 0 heterocycles. The Hall–Kier alpha value is -1.48. The van der Waals surface area contributed by atoms with Crippen molar-refractivity contribution in [1.29, 1.82) is 0 Å². The van der Waals surface area contributed by atoms with Gasteiger partial charge in [-0.3, -0.25) is 0 Å². The number of nitrogens with one attached hydrogen (secondary N) is 1. The number of nitrogen functional groups attached to an aromatic ring is 1. The van der Waals surface area contributed by atoms with Gasteiger partial charge in [0.1, 0.15) is 0 Å². The molecule has 0 aliphatic carbocycles. The smallest absolute Gasteiger partial charge is 0.0620 e. The lowest BCUT2D eigenvalue weighted by Gasteiger charge is -2.14. The van der Waals surface area contributed by atoms with Crippen molar-refractivity contribution in [2.24, 2.45) is 0 Å². The Balaban J connectivity index is 2.36. The van der Waals surface area contributed by atoms with Crippen molar-refractivity contribution >= 4 is 33.0 Å². The Morgan fingerprint density at radius 1 is 1.11 bits per heavy atom. The molecule has 0 saturated heterocycles. The Bertz CT molecular complexity index is 564. The van der Waals surface area contributed by atoms with Crippen LogP contribution in [0.4, 0.5) is 17.1 Å². The van der Waals surface area contributed by atoms with Crippen LogP contribution in [0.3, 0.4) is 0 Å². The minimum absolute atomic E-state index is 0.769. The molecule has 0 bridgehead atoms. The van der Waals surface area contributed by atoms with Crippen molar-refractivity contribution in [2.75, 3.05) is 11.1 Å². The second-order valence-electron chi connectivity index (χ2n) is 4.37. The maximum atomic E-state index is 5.99. The van der Waals surface area contributed by atoms with Crippen molar-refractivity contribution in [3.8, 4) is 0 Å². The predicted molar refractivity (Wildman–Crippen MR) is 82.4 cm³/mol. The van der Waals surface area contributed by atoms with Crippen LogP contribution in [0, 0.1) is 6.92 Å². The normalized spacial score (nSPS) is 10.4. The molecule has 3 heteroatoms. The molecule has 0 aliphatic heterocycles. The Labute approximate surface area is 116 Å². The van der Waals surface area contributed by atoms with E-state index in [0.29, 0.717) is 0 Å². The van der Waals surface area contributed by atoms with E-state index >= 15 is 0 Å². The van der Waals surface area contributed by atoms with E-state index in [-0.39, 0.29) is 0 Å². The molecular weight excluding hydrogens is 288 g/mol. The number of benzene rings is 2. The van der Waals surface area contributed by atoms with Gasteiger partial charge in [-0.15, -0.1) is 0 Å². The first-order chi connectivity index (χ1) is 8.60. The minimum Gasteiger partial charge on any atom is -0.397 e. The zero-order valence-electron chi connectivity index (χ0n) is 10.6. The number of nitrogens with two attached hydrogens (primary N) is 1. The van der Waals surface area contributed by atoms with Gasteiger partial charge in [-0.1, -0.05) is 28.9 Å². The van der Waals surface area contributed by atoms with Gasteiger partial charge in [0.15, 0.2) is 0 Å². The number of hydrogen-bond donors (Lipinski definition) is 2. The van der Waals surface area contributed by atoms with Crippen LogP contribution in [0.15, 0.2) is 40.9 Å². The topological polar surface area (TPSA) is 38.0 Å². The van der Waals surface area contributed by atoms with E-state index in [2.05, 4.69) is 53.3 Å². The fourth-order valence-corrected chi connectivity index (χ4v) is 2.31. The largest absolute Gasteiger partial charge is 0.397 e. The van der Waals surface area contributed by atoms with Crippen molar-refractivity contribution in [1.82, 2.24) is 0 Å². The summed E-state index contributed by atoms with van der Waals surface area (Å²) in [4.78, 5) is 0. The molecule has 0 aromatic heterocycles. The van der Waals surface area contributed by atoms with E-state index in [4.69, 9.17) is 5.73 Å². The highest BCUT2D eigenvalue weighted by molar-refractivity contribution is 9.10. The van der Waals surface area contributed by atoms with Crippen molar-refractivity contribution in [3.63, 3.8) is 0 Å². The molecular formula is C15H17BrN2. The monoisotopic (exact) mass is 304 g/mol. The van der Waals surface area contributed by atoms with Gasteiger partial charge < -0.3 is 11.1 Å². The molecule has 0 saturated carbocycles. The van der Waals surface area contributed by atoms with Crippen molar-refractivity contribution in [2.45, 2.75) is 20.3 Å². The maximum Gasteiger partial charge on any atom is 0.0620 e. The van der Waals surface area contributed by atoms with Gasteiger partial charge in [-0.2, -0.15) is 0 Å². The molecule has 2 rings (SSSR count). The highest BCUT2D eigenvalue weighted by Gasteiger charge is 2.04. The van der Waals surface area contributed by atoms with Gasteiger partial charge in [0.25, 0.3) is 0 Å². The van der Waals surface area contributed by atoms with Gasteiger partial charge in [0, 0.05) is 10.2 Å².